The molecule has 3 heteroatoms. The number of rotatable bonds is 12. The molecule has 0 saturated heterocycles. The molecule has 0 spiro atoms. The normalized spacial score (nSPS) is 13.0. The summed E-state index contributed by atoms with van der Waals surface area (Å²) in [5, 5.41) is 0. The van der Waals surface area contributed by atoms with Crippen LogP contribution in [-0.2, 0) is 10.8 Å². The first-order valence-corrected chi connectivity index (χ1v) is 17.9. The molecular weight excluding hydrogens is 407 g/mol. The fourth-order valence-electron chi connectivity index (χ4n) is 3.22. The first-order valence-electron chi connectivity index (χ1n) is 9.27. The number of benzene rings is 1. The Hall–Kier alpha value is -0.0913. The molecule has 1 atom stereocenters. The van der Waals surface area contributed by atoms with Crippen LogP contribution >= 0.6 is 0 Å². The molecule has 0 amide bonds. The van der Waals surface area contributed by atoms with Crippen molar-refractivity contribution in [2.24, 2.45) is 0 Å². The zero-order valence-electron chi connectivity index (χ0n) is 15.3. The summed E-state index contributed by atoms with van der Waals surface area (Å²) < 4.78 is 18.3. The van der Waals surface area contributed by atoms with E-state index in [4.69, 9.17) is 0 Å². The molecule has 0 bridgehead atoms. The van der Waals surface area contributed by atoms with Gasteiger partial charge in [0, 0.05) is 0 Å². The third-order valence-corrected chi connectivity index (χ3v) is 25.0. The average molecular weight is 441 g/mol. The van der Waals surface area contributed by atoms with Crippen molar-refractivity contribution in [2.45, 2.75) is 77.5 Å². The van der Waals surface area contributed by atoms with Gasteiger partial charge in [-0.2, -0.15) is 0 Å². The van der Waals surface area contributed by atoms with E-state index in [0.29, 0.717) is 0 Å². The number of hydrogen-bond acceptors (Lipinski definition) is 1. The van der Waals surface area contributed by atoms with Gasteiger partial charge in [-0.1, -0.05) is 0 Å². The summed E-state index contributed by atoms with van der Waals surface area (Å²) in [5.74, 6) is 0. The summed E-state index contributed by atoms with van der Waals surface area (Å²) in [6.45, 7) is 11.3. The van der Waals surface area contributed by atoms with Crippen molar-refractivity contribution in [1.29, 1.82) is 0 Å². The van der Waals surface area contributed by atoms with Crippen LogP contribution in [0.4, 0.5) is 0 Å². The second-order valence-corrected chi connectivity index (χ2v) is 22.4. The predicted molar refractivity (Wildman–Crippen MR) is 107 cm³/mol. The van der Waals surface area contributed by atoms with E-state index >= 15 is 0 Å². The van der Waals surface area contributed by atoms with Crippen LogP contribution in [0.1, 0.15) is 59.3 Å². The van der Waals surface area contributed by atoms with Gasteiger partial charge in [0.25, 0.3) is 0 Å². The van der Waals surface area contributed by atoms with Gasteiger partial charge in [-0.05, 0) is 0 Å². The van der Waals surface area contributed by atoms with Gasteiger partial charge in [0.1, 0.15) is 0 Å². The Morgan fingerprint density at radius 2 is 1.35 bits per heavy atom. The minimum absolute atomic E-state index is 0.947. The Morgan fingerprint density at radius 3 is 1.74 bits per heavy atom. The van der Waals surface area contributed by atoms with E-state index in [1.54, 1.807) is 0 Å². The Bertz CT molecular complexity index is 462. The Labute approximate surface area is 150 Å². The molecule has 0 radical (unpaired) electrons. The molecule has 0 heterocycles. The summed E-state index contributed by atoms with van der Waals surface area (Å²) in [6, 6.07) is 9.96. The maximum atomic E-state index is 13.1. The Kier molecular flexibility index (Phi) is 10.4. The third kappa shape index (κ3) is 6.37. The summed E-state index contributed by atoms with van der Waals surface area (Å²) in [5.41, 5.74) is 0. The molecule has 0 fully saturated rings. The van der Waals surface area contributed by atoms with Crippen molar-refractivity contribution in [3.05, 3.63) is 39.8 Å². The topological polar surface area (TPSA) is 17.1 Å². The molecule has 0 aliphatic rings. The van der Waals surface area contributed by atoms with E-state index in [2.05, 4.69) is 27.4 Å². The maximum absolute atomic E-state index is 13.1. The molecule has 130 valence electrons. The van der Waals surface area contributed by atoms with Crippen LogP contribution in [0.25, 0.3) is 0 Å². The molecule has 0 aromatic heterocycles. The summed E-state index contributed by atoms with van der Waals surface area (Å²) >= 11 is -2.60. The van der Waals surface area contributed by atoms with E-state index < -0.39 is 29.2 Å². The van der Waals surface area contributed by atoms with Crippen LogP contribution in [0.5, 0.6) is 0 Å². The van der Waals surface area contributed by atoms with E-state index in [-0.39, 0.29) is 0 Å². The first kappa shape index (κ1) is 21.0. The van der Waals surface area contributed by atoms with Gasteiger partial charge in [-0.25, -0.2) is 0 Å². The molecule has 0 saturated carbocycles. The van der Waals surface area contributed by atoms with Crippen molar-refractivity contribution in [2.75, 3.05) is 0 Å². The van der Waals surface area contributed by atoms with Crippen LogP contribution in [0.2, 0.25) is 13.3 Å². The molecule has 0 aliphatic carbocycles. The fraction of sp³-hybridized carbons (Fsp3) is 0.600. The summed E-state index contributed by atoms with van der Waals surface area (Å²) in [7, 11) is -1.01. The molecule has 1 rings (SSSR count). The number of unbranched alkanes of at least 4 members (excludes halogenated alkanes) is 3. The van der Waals surface area contributed by atoms with Crippen LogP contribution < -0.4 is 0 Å². The van der Waals surface area contributed by atoms with Crippen molar-refractivity contribution < 1.29 is 4.21 Å². The summed E-state index contributed by atoms with van der Waals surface area (Å²) in [4.78, 5) is 0.947. The van der Waals surface area contributed by atoms with Crippen LogP contribution in [0.3, 0.4) is 0 Å². The predicted octanol–water partition coefficient (Wildman–Crippen LogP) is 6.70. The second-order valence-electron chi connectivity index (χ2n) is 6.60. The van der Waals surface area contributed by atoms with Crippen molar-refractivity contribution in [1.82, 2.24) is 0 Å². The van der Waals surface area contributed by atoms with Crippen molar-refractivity contribution >= 4 is 29.2 Å². The molecule has 0 aliphatic heterocycles. The van der Waals surface area contributed by atoms with Crippen LogP contribution in [0.15, 0.2) is 44.7 Å². The van der Waals surface area contributed by atoms with Crippen LogP contribution in [-0.4, -0.2) is 22.6 Å². The van der Waals surface area contributed by atoms with Crippen molar-refractivity contribution in [3.63, 3.8) is 0 Å². The molecular formula is C20H34OSSn. The Balaban J connectivity index is 3.07. The van der Waals surface area contributed by atoms with Crippen molar-refractivity contribution in [3.8, 4) is 0 Å². The zero-order valence-corrected chi connectivity index (χ0v) is 18.9. The monoisotopic (exact) mass is 442 g/mol. The standard InChI is InChI=1S/C8H7OS.3C4H9.Sn/c1-2-10(9)8-6-4-3-5-7-8;3*1-3-4-2;/h3-7H,1H2;3*1,3-4H2,2H3;. The quantitative estimate of drug-likeness (QED) is 0.330. The summed E-state index contributed by atoms with van der Waals surface area (Å²) in [6.07, 6.45) is 7.57. The number of hydrogen-bond donors (Lipinski definition) is 0. The average Bonchev–Trinajstić information content (AvgIpc) is 2.61. The zero-order chi connectivity index (χ0) is 17.1. The van der Waals surface area contributed by atoms with Gasteiger partial charge >= 0.3 is 151 Å². The molecule has 23 heavy (non-hydrogen) atoms. The second kappa shape index (κ2) is 11.5. The van der Waals surface area contributed by atoms with Crippen LogP contribution in [0, 0.1) is 0 Å². The molecule has 1 nitrogen and oxygen atoms in total. The fourth-order valence-corrected chi connectivity index (χ4v) is 24.1. The van der Waals surface area contributed by atoms with Gasteiger partial charge in [0.2, 0.25) is 0 Å². The first-order chi connectivity index (χ1) is 11.1. The van der Waals surface area contributed by atoms with E-state index in [1.807, 2.05) is 30.3 Å². The van der Waals surface area contributed by atoms with Gasteiger partial charge < -0.3 is 0 Å². The van der Waals surface area contributed by atoms with Gasteiger partial charge in [0.15, 0.2) is 0 Å². The van der Waals surface area contributed by atoms with Gasteiger partial charge in [0.05, 0.1) is 0 Å². The molecule has 0 N–H and O–H groups in total. The van der Waals surface area contributed by atoms with E-state index in [0.717, 1.165) is 4.90 Å². The minimum atomic E-state index is -2.60. The molecule has 1 aromatic rings. The molecule has 1 aromatic carbocycles. The van der Waals surface area contributed by atoms with Gasteiger partial charge in [-0.3, -0.25) is 0 Å². The SMILES string of the molecule is C=[C](S(=O)c1ccccc1)[Sn]([CH2]CCC)([CH2]CCC)[CH2]CCC. The van der Waals surface area contributed by atoms with Gasteiger partial charge in [-0.15, -0.1) is 0 Å². The third-order valence-electron chi connectivity index (χ3n) is 4.80. The Morgan fingerprint density at radius 1 is 0.913 bits per heavy atom. The van der Waals surface area contributed by atoms with E-state index in [9.17, 15) is 4.21 Å². The molecule has 1 unspecified atom stereocenters. The van der Waals surface area contributed by atoms with E-state index in [1.165, 1.54) is 54.8 Å².